The van der Waals surface area contributed by atoms with Gasteiger partial charge >= 0.3 is 0 Å². The van der Waals surface area contributed by atoms with Crippen LogP contribution in [0.3, 0.4) is 0 Å². The van der Waals surface area contributed by atoms with E-state index in [0.29, 0.717) is 25.8 Å². The smallest absolute Gasteiger partial charge is 0.240 e. The van der Waals surface area contributed by atoms with Crippen molar-refractivity contribution >= 4 is 15.9 Å². The summed E-state index contributed by atoms with van der Waals surface area (Å²) in [6.07, 6.45) is 2.73. The SMILES string of the molecule is COC1CCC(C(=O)NCc2ccn[nH]2)CC1NS(=O)(=O)c1ccc(F)cc1. The predicted octanol–water partition coefficient (Wildman–Crippen LogP) is 1.33. The lowest BCUT2D eigenvalue weighted by molar-refractivity contribution is -0.127. The largest absolute Gasteiger partial charge is 0.380 e. The Balaban J connectivity index is 1.66. The fourth-order valence-electron chi connectivity index (χ4n) is 3.38. The zero-order chi connectivity index (χ0) is 20.1. The number of benzene rings is 1. The highest BCUT2D eigenvalue weighted by molar-refractivity contribution is 7.89. The number of rotatable bonds is 7. The Kier molecular flexibility index (Phi) is 6.42. The van der Waals surface area contributed by atoms with Crippen molar-refractivity contribution in [1.29, 1.82) is 0 Å². The summed E-state index contributed by atoms with van der Waals surface area (Å²) < 4.78 is 46.4. The molecule has 3 rings (SSSR count). The Bertz CT molecular complexity index is 887. The van der Waals surface area contributed by atoms with Crippen LogP contribution in [0.4, 0.5) is 4.39 Å². The van der Waals surface area contributed by atoms with Crippen molar-refractivity contribution < 1.29 is 22.3 Å². The number of amides is 1. The average Bonchev–Trinajstić information content (AvgIpc) is 3.19. The van der Waals surface area contributed by atoms with Crippen LogP contribution < -0.4 is 10.0 Å². The topological polar surface area (TPSA) is 113 Å². The number of carbonyl (C=O) groups is 1. The first kappa shape index (κ1) is 20.4. The molecule has 10 heteroatoms. The number of hydrogen-bond acceptors (Lipinski definition) is 5. The standard InChI is InChI=1S/C18H23FN4O4S/c1-27-17-7-2-12(18(24)20-11-14-8-9-21-22-14)10-16(17)23-28(25,26)15-5-3-13(19)4-6-15/h3-6,8-9,12,16-17,23H,2,7,10-11H2,1H3,(H,20,24)(H,21,22). The maximum absolute atomic E-state index is 13.1. The van der Waals surface area contributed by atoms with Crippen LogP contribution in [0.1, 0.15) is 25.0 Å². The van der Waals surface area contributed by atoms with Crippen molar-refractivity contribution in [1.82, 2.24) is 20.2 Å². The third-order valence-electron chi connectivity index (χ3n) is 4.90. The average molecular weight is 410 g/mol. The van der Waals surface area contributed by atoms with Crippen LogP contribution >= 0.6 is 0 Å². The molecule has 1 heterocycles. The summed E-state index contributed by atoms with van der Waals surface area (Å²) in [4.78, 5) is 12.5. The van der Waals surface area contributed by atoms with Crippen LogP contribution in [0, 0.1) is 11.7 Å². The Morgan fingerprint density at radius 1 is 1.29 bits per heavy atom. The highest BCUT2D eigenvalue weighted by Crippen LogP contribution is 2.28. The quantitative estimate of drug-likeness (QED) is 0.637. The lowest BCUT2D eigenvalue weighted by Gasteiger charge is -2.35. The monoisotopic (exact) mass is 410 g/mol. The molecule has 0 aliphatic heterocycles. The van der Waals surface area contributed by atoms with Gasteiger partial charge in [-0.15, -0.1) is 0 Å². The molecule has 0 radical (unpaired) electrons. The van der Waals surface area contributed by atoms with Crippen molar-refractivity contribution in [3.63, 3.8) is 0 Å². The molecule has 1 aliphatic carbocycles. The van der Waals surface area contributed by atoms with Gasteiger partial charge in [-0.3, -0.25) is 9.89 Å². The van der Waals surface area contributed by atoms with Gasteiger partial charge in [0.25, 0.3) is 0 Å². The zero-order valence-electron chi connectivity index (χ0n) is 15.4. The molecule has 1 aliphatic rings. The van der Waals surface area contributed by atoms with Gasteiger partial charge in [-0.2, -0.15) is 5.10 Å². The van der Waals surface area contributed by atoms with Crippen molar-refractivity contribution in [3.8, 4) is 0 Å². The first-order valence-electron chi connectivity index (χ1n) is 8.95. The summed E-state index contributed by atoms with van der Waals surface area (Å²) in [6.45, 7) is 0.328. The molecule has 3 unspecified atom stereocenters. The van der Waals surface area contributed by atoms with Gasteiger partial charge in [-0.05, 0) is 49.6 Å². The predicted molar refractivity (Wildman–Crippen MR) is 99.1 cm³/mol. The Morgan fingerprint density at radius 3 is 2.68 bits per heavy atom. The maximum atomic E-state index is 13.1. The van der Waals surface area contributed by atoms with Gasteiger partial charge < -0.3 is 10.1 Å². The highest BCUT2D eigenvalue weighted by atomic mass is 32.2. The first-order chi connectivity index (χ1) is 13.4. The van der Waals surface area contributed by atoms with Crippen molar-refractivity contribution in [2.75, 3.05) is 7.11 Å². The second kappa shape index (κ2) is 8.80. The van der Waals surface area contributed by atoms with E-state index in [0.717, 1.165) is 17.8 Å². The summed E-state index contributed by atoms with van der Waals surface area (Å²) >= 11 is 0. The lowest BCUT2D eigenvalue weighted by atomic mass is 9.83. The van der Waals surface area contributed by atoms with E-state index in [-0.39, 0.29) is 22.8 Å². The molecule has 2 aromatic rings. The molecule has 152 valence electrons. The highest BCUT2D eigenvalue weighted by Gasteiger charge is 2.36. The molecule has 1 saturated carbocycles. The normalized spacial score (nSPS) is 22.7. The molecule has 3 N–H and O–H groups in total. The zero-order valence-corrected chi connectivity index (χ0v) is 16.2. The minimum atomic E-state index is -3.86. The van der Waals surface area contributed by atoms with Gasteiger partial charge in [0.05, 0.1) is 23.2 Å². The number of nitrogens with one attached hydrogen (secondary N) is 3. The number of hydrogen-bond donors (Lipinski definition) is 3. The number of nitrogens with zero attached hydrogens (tertiary/aromatic N) is 1. The molecule has 8 nitrogen and oxygen atoms in total. The number of methoxy groups -OCH3 is 1. The number of aromatic amines is 1. The Hall–Kier alpha value is -2.30. The molecule has 1 aromatic carbocycles. The van der Waals surface area contributed by atoms with E-state index in [1.54, 1.807) is 12.3 Å². The van der Waals surface area contributed by atoms with E-state index < -0.39 is 21.9 Å². The van der Waals surface area contributed by atoms with E-state index >= 15 is 0 Å². The van der Waals surface area contributed by atoms with E-state index in [1.807, 2.05) is 0 Å². The number of H-pyrrole nitrogens is 1. The molecular weight excluding hydrogens is 387 g/mol. The first-order valence-corrected chi connectivity index (χ1v) is 10.4. The van der Waals surface area contributed by atoms with E-state index in [4.69, 9.17) is 4.74 Å². The fraction of sp³-hybridized carbons (Fsp3) is 0.444. The van der Waals surface area contributed by atoms with Gasteiger partial charge in [0.1, 0.15) is 5.82 Å². The second-order valence-corrected chi connectivity index (χ2v) is 8.48. The van der Waals surface area contributed by atoms with Gasteiger partial charge in [0, 0.05) is 25.3 Å². The van der Waals surface area contributed by atoms with E-state index in [9.17, 15) is 17.6 Å². The van der Waals surface area contributed by atoms with Crippen molar-refractivity contribution in [3.05, 3.63) is 48.0 Å². The molecule has 28 heavy (non-hydrogen) atoms. The summed E-state index contributed by atoms with van der Waals surface area (Å²) in [5, 5.41) is 9.44. The number of carbonyl (C=O) groups excluding carboxylic acids is 1. The van der Waals surface area contributed by atoms with Crippen LogP contribution in [-0.4, -0.2) is 43.8 Å². The number of aromatic nitrogens is 2. The molecular formula is C18H23FN4O4S. The van der Waals surface area contributed by atoms with Crippen LogP contribution in [0.25, 0.3) is 0 Å². The van der Waals surface area contributed by atoms with Crippen LogP contribution in [-0.2, 0) is 26.1 Å². The van der Waals surface area contributed by atoms with E-state index in [2.05, 4.69) is 20.2 Å². The fourth-order valence-corrected chi connectivity index (χ4v) is 4.65. The van der Waals surface area contributed by atoms with Crippen molar-refractivity contribution in [2.45, 2.75) is 42.8 Å². The minimum Gasteiger partial charge on any atom is -0.380 e. The molecule has 3 atom stereocenters. The number of halogens is 1. The van der Waals surface area contributed by atoms with Crippen molar-refractivity contribution in [2.24, 2.45) is 5.92 Å². The third kappa shape index (κ3) is 4.94. The van der Waals surface area contributed by atoms with Crippen LogP contribution in [0.15, 0.2) is 41.4 Å². The summed E-state index contributed by atoms with van der Waals surface area (Å²) in [6, 6.07) is 5.80. The van der Waals surface area contributed by atoms with Gasteiger partial charge in [-0.25, -0.2) is 17.5 Å². The lowest BCUT2D eigenvalue weighted by Crippen LogP contribution is -2.50. The van der Waals surface area contributed by atoms with Crippen LogP contribution in [0.2, 0.25) is 0 Å². The summed E-state index contributed by atoms with van der Waals surface area (Å²) in [5.41, 5.74) is 0.785. The molecule has 1 fully saturated rings. The number of ether oxygens (including phenoxy) is 1. The third-order valence-corrected chi connectivity index (χ3v) is 6.41. The molecule has 0 saturated heterocycles. The number of sulfonamides is 1. The minimum absolute atomic E-state index is 0.0328. The van der Waals surface area contributed by atoms with Crippen LogP contribution in [0.5, 0.6) is 0 Å². The Morgan fingerprint density at radius 2 is 2.04 bits per heavy atom. The maximum Gasteiger partial charge on any atom is 0.240 e. The van der Waals surface area contributed by atoms with Gasteiger partial charge in [0.15, 0.2) is 0 Å². The second-order valence-electron chi connectivity index (χ2n) is 6.77. The van der Waals surface area contributed by atoms with Gasteiger partial charge in [0.2, 0.25) is 15.9 Å². The molecule has 1 aromatic heterocycles. The summed E-state index contributed by atoms with van der Waals surface area (Å²) in [7, 11) is -2.34. The Labute approximate surface area is 162 Å². The molecule has 1 amide bonds. The molecule has 0 bridgehead atoms. The van der Waals surface area contributed by atoms with E-state index in [1.165, 1.54) is 19.2 Å². The summed E-state index contributed by atoms with van der Waals surface area (Å²) in [5.74, 6) is -0.995. The van der Waals surface area contributed by atoms with Gasteiger partial charge in [-0.1, -0.05) is 0 Å². The molecule has 0 spiro atoms.